The third-order valence-electron chi connectivity index (χ3n) is 4.09. The fourth-order valence-electron chi connectivity index (χ4n) is 3.09. The van der Waals surface area contributed by atoms with Gasteiger partial charge >= 0.3 is 0 Å². The van der Waals surface area contributed by atoms with Crippen LogP contribution in [0, 0.1) is 17.8 Å². The van der Waals surface area contributed by atoms with Crippen molar-refractivity contribution in [1.82, 2.24) is 5.32 Å². The minimum atomic E-state index is 1.01. The van der Waals surface area contributed by atoms with Gasteiger partial charge in [0.25, 0.3) is 0 Å². The van der Waals surface area contributed by atoms with Gasteiger partial charge in [0, 0.05) is 0 Å². The van der Waals surface area contributed by atoms with Gasteiger partial charge < -0.3 is 5.32 Å². The predicted molar refractivity (Wildman–Crippen MR) is 56.7 cm³/mol. The Morgan fingerprint density at radius 1 is 1.15 bits per heavy atom. The summed E-state index contributed by atoms with van der Waals surface area (Å²) in [6.45, 7) is 5.03. The van der Waals surface area contributed by atoms with Gasteiger partial charge in [-0.3, -0.25) is 0 Å². The average Bonchev–Trinajstić information content (AvgIpc) is 2.61. The van der Waals surface area contributed by atoms with Crippen molar-refractivity contribution >= 4 is 0 Å². The van der Waals surface area contributed by atoms with Crippen LogP contribution in [0.4, 0.5) is 0 Å². The maximum Gasteiger partial charge on any atom is -0.00199 e. The average molecular weight is 181 g/mol. The zero-order valence-corrected chi connectivity index (χ0v) is 8.89. The van der Waals surface area contributed by atoms with E-state index in [0.717, 1.165) is 17.8 Å². The molecule has 1 nitrogen and oxygen atoms in total. The number of rotatable bonds is 2. The van der Waals surface area contributed by atoms with Gasteiger partial charge in [-0.05, 0) is 43.7 Å². The Hall–Kier alpha value is -0.0400. The Morgan fingerprint density at radius 3 is 2.69 bits per heavy atom. The lowest BCUT2D eigenvalue weighted by molar-refractivity contribution is 0.215. The van der Waals surface area contributed by atoms with Gasteiger partial charge in [0.05, 0.1) is 0 Å². The molecular weight excluding hydrogens is 158 g/mol. The maximum absolute atomic E-state index is 3.48. The zero-order chi connectivity index (χ0) is 9.10. The second-order valence-corrected chi connectivity index (χ2v) is 5.12. The third-order valence-corrected chi connectivity index (χ3v) is 4.09. The van der Waals surface area contributed by atoms with Crippen molar-refractivity contribution in [1.29, 1.82) is 0 Å². The van der Waals surface area contributed by atoms with Gasteiger partial charge in [-0.15, -0.1) is 0 Å². The summed E-state index contributed by atoms with van der Waals surface area (Å²) in [5, 5.41) is 3.48. The van der Waals surface area contributed by atoms with E-state index in [4.69, 9.17) is 0 Å². The molecule has 3 unspecified atom stereocenters. The maximum atomic E-state index is 3.48. The molecule has 1 aliphatic carbocycles. The Kier molecular flexibility index (Phi) is 3.26. The predicted octanol–water partition coefficient (Wildman–Crippen LogP) is 2.81. The van der Waals surface area contributed by atoms with Crippen LogP contribution in [0.3, 0.4) is 0 Å². The van der Waals surface area contributed by atoms with Gasteiger partial charge in [0.1, 0.15) is 0 Å². The second kappa shape index (κ2) is 4.45. The van der Waals surface area contributed by atoms with Crippen LogP contribution in [0.5, 0.6) is 0 Å². The minimum absolute atomic E-state index is 1.01. The molecule has 2 fully saturated rings. The van der Waals surface area contributed by atoms with Crippen LogP contribution in [0.2, 0.25) is 0 Å². The van der Waals surface area contributed by atoms with E-state index in [1.54, 1.807) is 0 Å². The summed E-state index contributed by atoms with van der Waals surface area (Å²) in [7, 11) is 0. The molecule has 1 aliphatic heterocycles. The molecule has 0 amide bonds. The van der Waals surface area contributed by atoms with Crippen molar-refractivity contribution in [2.75, 3.05) is 13.1 Å². The highest BCUT2D eigenvalue weighted by Gasteiger charge is 2.25. The lowest BCUT2D eigenvalue weighted by atomic mass is 9.76. The molecule has 1 heteroatoms. The van der Waals surface area contributed by atoms with E-state index in [0.29, 0.717) is 0 Å². The molecule has 0 spiro atoms. The van der Waals surface area contributed by atoms with Gasteiger partial charge in [0.15, 0.2) is 0 Å². The first-order chi connectivity index (χ1) is 6.36. The fourth-order valence-corrected chi connectivity index (χ4v) is 3.09. The molecule has 76 valence electrons. The van der Waals surface area contributed by atoms with E-state index in [9.17, 15) is 0 Å². The van der Waals surface area contributed by atoms with Crippen molar-refractivity contribution in [2.45, 2.75) is 45.4 Å². The van der Waals surface area contributed by atoms with Crippen LogP contribution in [0.1, 0.15) is 45.4 Å². The Morgan fingerprint density at radius 2 is 2.00 bits per heavy atom. The summed E-state index contributed by atoms with van der Waals surface area (Å²) in [6.07, 6.45) is 8.93. The fraction of sp³-hybridized carbons (Fsp3) is 1.00. The molecule has 0 aromatic heterocycles. The number of hydrogen-bond donors (Lipinski definition) is 1. The van der Waals surface area contributed by atoms with Crippen molar-refractivity contribution in [2.24, 2.45) is 17.8 Å². The number of nitrogens with one attached hydrogen (secondary N) is 1. The standard InChI is InChI=1S/C12H23N/c1-10-4-2-3-5-12(10)8-11-6-7-13-9-11/h10-13H,2-9H2,1H3. The van der Waals surface area contributed by atoms with Gasteiger partial charge in [-0.25, -0.2) is 0 Å². The molecule has 2 rings (SSSR count). The Balaban J connectivity index is 1.78. The molecule has 0 aromatic rings. The molecule has 1 saturated carbocycles. The first kappa shape index (κ1) is 9.51. The van der Waals surface area contributed by atoms with Crippen LogP contribution in [0.25, 0.3) is 0 Å². The second-order valence-electron chi connectivity index (χ2n) is 5.12. The normalized spacial score (nSPS) is 40.8. The number of hydrogen-bond acceptors (Lipinski definition) is 1. The summed E-state index contributed by atoms with van der Waals surface area (Å²) in [6, 6.07) is 0. The molecule has 13 heavy (non-hydrogen) atoms. The third kappa shape index (κ3) is 2.46. The molecule has 0 bridgehead atoms. The molecule has 0 radical (unpaired) electrons. The van der Waals surface area contributed by atoms with E-state index in [-0.39, 0.29) is 0 Å². The Labute approximate surface area is 82.3 Å². The van der Waals surface area contributed by atoms with Gasteiger partial charge in [-0.1, -0.05) is 32.6 Å². The van der Waals surface area contributed by atoms with Crippen LogP contribution in [-0.4, -0.2) is 13.1 Å². The van der Waals surface area contributed by atoms with E-state index in [1.807, 2.05) is 0 Å². The first-order valence-corrected chi connectivity index (χ1v) is 6.07. The quantitative estimate of drug-likeness (QED) is 0.690. The highest BCUT2D eigenvalue weighted by Crippen LogP contribution is 2.35. The van der Waals surface area contributed by atoms with Crippen molar-refractivity contribution < 1.29 is 0 Å². The van der Waals surface area contributed by atoms with Crippen LogP contribution >= 0.6 is 0 Å². The van der Waals surface area contributed by atoms with Crippen molar-refractivity contribution in [3.05, 3.63) is 0 Å². The largest absolute Gasteiger partial charge is 0.316 e. The zero-order valence-electron chi connectivity index (χ0n) is 8.89. The molecule has 1 N–H and O–H groups in total. The minimum Gasteiger partial charge on any atom is -0.316 e. The van der Waals surface area contributed by atoms with E-state index in [1.165, 1.54) is 51.6 Å². The summed E-state index contributed by atoms with van der Waals surface area (Å²) >= 11 is 0. The summed E-state index contributed by atoms with van der Waals surface area (Å²) < 4.78 is 0. The van der Waals surface area contributed by atoms with Crippen LogP contribution < -0.4 is 5.32 Å². The van der Waals surface area contributed by atoms with Gasteiger partial charge in [0.2, 0.25) is 0 Å². The summed E-state index contributed by atoms with van der Waals surface area (Å²) in [5.41, 5.74) is 0. The molecule has 1 heterocycles. The molecule has 1 saturated heterocycles. The highest BCUT2D eigenvalue weighted by molar-refractivity contribution is 4.79. The molecule has 0 aromatic carbocycles. The van der Waals surface area contributed by atoms with Gasteiger partial charge in [-0.2, -0.15) is 0 Å². The SMILES string of the molecule is CC1CCCCC1CC1CCNC1. The first-order valence-electron chi connectivity index (χ1n) is 6.07. The van der Waals surface area contributed by atoms with E-state index in [2.05, 4.69) is 12.2 Å². The summed E-state index contributed by atoms with van der Waals surface area (Å²) in [5.74, 6) is 3.07. The highest BCUT2D eigenvalue weighted by atomic mass is 14.9. The molecule has 2 aliphatic rings. The molecule has 3 atom stereocenters. The van der Waals surface area contributed by atoms with Crippen molar-refractivity contribution in [3.63, 3.8) is 0 Å². The smallest absolute Gasteiger partial charge is 0.00199 e. The lowest BCUT2D eigenvalue weighted by Gasteiger charge is -2.30. The summed E-state index contributed by atoms with van der Waals surface area (Å²) in [4.78, 5) is 0. The molecular formula is C12H23N. The lowest BCUT2D eigenvalue weighted by Crippen LogP contribution is -2.21. The topological polar surface area (TPSA) is 12.0 Å². The monoisotopic (exact) mass is 181 g/mol. The van der Waals surface area contributed by atoms with E-state index >= 15 is 0 Å². The van der Waals surface area contributed by atoms with Crippen LogP contribution in [-0.2, 0) is 0 Å². The van der Waals surface area contributed by atoms with Crippen LogP contribution in [0.15, 0.2) is 0 Å². The Bertz CT molecular complexity index is 149. The van der Waals surface area contributed by atoms with Crippen molar-refractivity contribution in [3.8, 4) is 0 Å². The van der Waals surface area contributed by atoms with E-state index < -0.39 is 0 Å².